The van der Waals surface area contributed by atoms with Gasteiger partial charge in [0.1, 0.15) is 12.4 Å². The molecule has 0 radical (unpaired) electrons. The minimum absolute atomic E-state index is 0.120. The molecule has 2 aromatic rings. The Morgan fingerprint density at radius 3 is 3.04 bits per heavy atom. The van der Waals surface area contributed by atoms with Crippen LogP contribution in [0.4, 0.5) is 0 Å². The molecule has 0 aliphatic carbocycles. The van der Waals surface area contributed by atoms with Crippen molar-refractivity contribution in [3.05, 3.63) is 36.2 Å². The number of ether oxygens (including phenoxy) is 2. The number of hydrogen-bond donors (Lipinski definition) is 2. The van der Waals surface area contributed by atoms with Crippen molar-refractivity contribution in [1.29, 1.82) is 0 Å². The van der Waals surface area contributed by atoms with E-state index in [1.165, 1.54) is 6.33 Å². The molecule has 0 amide bonds. The molecule has 2 atom stereocenters. The van der Waals surface area contributed by atoms with Crippen molar-refractivity contribution in [3.63, 3.8) is 0 Å². The van der Waals surface area contributed by atoms with E-state index in [0.717, 1.165) is 62.0 Å². The van der Waals surface area contributed by atoms with Crippen LogP contribution in [0.3, 0.4) is 0 Å². The van der Waals surface area contributed by atoms with Crippen LogP contribution in [0.2, 0.25) is 0 Å². The zero-order valence-electron chi connectivity index (χ0n) is 16.3. The quantitative estimate of drug-likeness (QED) is 0.604. The van der Waals surface area contributed by atoms with E-state index >= 15 is 0 Å². The highest BCUT2D eigenvalue weighted by atomic mass is 16.5. The van der Waals surface area contributed by atoms with Crippen molar-refractivity contribution in [2.75, 3.05) is 32.8 Å². The molecule has 3 heterocycles. The second-order valence-corrected chi connectivity index (χ2v) is 7.11. The third-order valence-electron chi connectivity index (χ3n) is 5.13. The molecule has 2 aliphatic heterocycles. The maximum Gasteiger partial charge on any atom is 0.194 e. The zero-order chi connectivity index (χ0) is 19.2. The monoisotopic (exact) mass is 384 g/mol. The number of hydrogen-bond acceptors (Lipinski definition) is 5. The first-order valence-electron chi connectivity index (χ1n) is 10.0. The van der Waals surface area contributed by atoms with Crippen LogP contribution in [0.25, 0.3) is 11.4 Å². The van der Waals surface area contributed by atoms with Crippen LogP contribution in [0.15, 0.2) is 35.6 Å². The number of benzene rings is 1. The lowest BCUT2D eigenvalue weighted by Gasteiger charge is -2.37. The van der Waals surface area contributed by atoms with Crippen molar-refractivity contribution in [2.24, 2.45) is 4.99 Å². The van der Waals surface area contributed by atoms with Crippen LogP contribution in [0.5, 0.6) is 0 Å². The molecule has 8 nitrogen and oxygen atoms in total. The molecule has 2 N–H and O–H groups in total. The van der Waals surface area contributed by atoms with Crippen LogP contribution >= 0.6 is 0 Å². The van der Waals surface area contributed by atoms with Crippen LogP contribution in [0.1, 0.15) is 25.3 Å². The first-order valence-corrected chi connectivity index (χ1v) is 10.0. The third-order valence-corrected chi connectivity index (χ3v) is 5.13. The molecule has 8 heteroatoms. The molecule has 2 aliphatic rings. The van der Waals surface area contributed by atoms with Crippen molar-refractivity contribution in [1.82, 2.24) is 25.4 Å². The number of nitrogens with one attached hydrogen (secondary N) is 2. The Balaban J connectivity index is 1.45. The molecule has 4 rings (SSSR count). The van der Waals surface area contributed by atoms with Gasteiger partial charge in [-0.3, -0.25) is 5.10 Å². The normalized spacial score (nSPS) is 23.2. The average Bonchev–Trinajstić information content (AvgIpc) is 3.46. The minimum Gasteiger partial charge on any atom is -0.375 e. The summed E-state index contributed by atoms with van der Waals surface area (Å²) in [5.74, 6) is 1.70. The summed E-state index contributed by atoms with van der Waals surface area (Å²) in [6, 6.07) is 8.23. The molecule has 1 aromatic carbocycles. The smallest absolute Gasteiger partial charge is 0.194 e. The number of aliphatic imine (C=N–C) groups is 1. The Labute approximate surface area is 165 Å². The van der Waals surface area contributed by atoms with Gasteiger partial charge >= 0.3 is 0 Å². The third kappa shape index (κ3) is 4.51. The number of morpholine rings is 1. The van der Waals surface area contributed by atoms with Gasteiger partial charge in [0.15, 0.2) is 11.8 Å². The van der Waals surface area contributed by atoms with Gasteiger partial charge in [-0.05, 0) is 31.4 Å². The van der Waals surface area contributed by atoms with E-state index in [0.29, 0.717) is 13.2 Å². The predicted molar refractivity (Wildman–Crippen MR) is 107 cm³/mol. The predicted octanol–water partition coefficient (Wildman–Crippen LogP) is 1.82. The lowest BCUT2D eigenvalue weighted by molar-refractivity contribution is -0.0817. The first kappa shape index (κ1) is 18.9. The number of rotatable bonds is 5. The Bertz CT molecular complexity index is 773. The summed E-state index contributed by atoms with van der Waals surface area (Å²) in [4.78, 5) is 11.4. The molecule has 2 unspecified atom stereocenters. The van der Waals surface area contributed by atoms with Crippen LogP contribution in [0, 0.1) is 0 Å². The molecular weight excluding hydrogens is 356 g/mol. The lowest BCUT2D eigenvalue weighted by atomic mass is 10.1. The maximum absolute atomic E-state index is 5.97. The molecule has 150 valence electrons. The zero-order valence-corrected chi connectivity index (χ0v) is 16.3. The summed E-state index contributed by atoms with van der Waals surface area (Å²) in [6.45, 7) is 6.74. The molecule has 0 bridgehead atoms. The fraction of sp³-hybridized carbons (Fsp3) is 0.550. The van der Waals surface area contributed by atoms with E-state index in [2.05, 4.69) is 44.5 Å². The van der Waals surface area contributed by atoms with Gasteiger partial charge in [0, 0.05) is 31.8 Å². The summed E-state index contributed by atoms with van der Waals surface area (Å²) < 4.78 is 11.8. The van der Waals surface area contributed by atoms with E-state index in [9.17, 15) is 0 Å². The molecule has 2 saturated heterocycles. The van der Waals surface area contributed by atoms with E-state index in [4.69, 9.17) is 14.5 Å². The number of aromatic nitrogens is 3. The van der Waals surface area contributed by atoms with Gasteiger partial charge in [0.2, 0.25) is 0 Å². The summed E-state index contributed by atoms with van der Waals surface area (Å²) >= 11 is 0. The second kappa shape index (κ2) is 9.16. The highest BCUT2D eigenvalue weighted by molar-refractivity contribution is 5.80. The Hall–Kier alpha value is -2.45. The highest BCUT2D eigenvalue weighted by Gasteiger charge is 2.32. The first-order chi connectivity index (χ1) is 13.8. The molecule has 1 aromatic heterocycles. The van der Waals surface area contributed by atoms with Gasteiger partial charge in [0.05, 0.1) is 19.3 Å². The SMILES string of the molecule is CCNC(=NCc1cccc(-c2ncn[nH]2)c1)N1CCOC(C2CCCO2)C1. The maximum atomic E-state index is 5.97. The average molecular weight is 384 g/mol. The lowest BCUT2D eigenvalue weighted by Crippen LogP contribution is -2.53. The molecule has 0 saturated carbocycles. The van der Waals surface area contributed by atoms with Gasteiger partial charge in [0.25, 0.3) is 0 Å². The fourth-order valence-electron chi connectivity index (χ4n) is 3.74. The minimum atomic E-state index is 0.120. The van der Waals surface area contributed by atoms with Crippen LogP contribution in [-0.4, -0.2) is 71.1 Å². The van der Waals surface area contributed by atoms with E-state index in [1.807, 2.05) is 12.1 Å². The van der Waals surface area contributed by atoms with Gasteiger partial charge in [-0.1, -0.05) is 18.2 Å². The van der Waals surface area contributed by atoms with Gasteiger partial charge in [-0.2, -0.15) is 5.10 Å². The van der Waals surface area contributed by atoms with Crippen LogP contribution in [-0.2, 0) is 16.0 Å². The number of aromatic amines is 1. The van der Waals surface area contributed by atoms with Crippen molar-refractivity contribution >= 4 is 5.96 Å². The van der Waals surface area contributed by atoms with Gasteiger partial charge in [-0.15, -0.1) is 0 Å². The summed E-state index contributed by atoms with van der Waals surface area (Å²) in [6.07, 6.45) is 4.06. The number of guanidine groups is 1. The van der Waals surface area contributed by atoms with Crippen molar-refractivity contribution in [2.45, 2.75) is 38.5 Å². The summed E-state index contributed by atoms with van der Waals surface area (Å²) in [5.41, 5.74) is 2.15. The number of H-pyrrole nitrogens is 1. The molecule has 2 fully saturated rings. The van der Waals surface area contributed by atoms with Crippen molar-refractivity contribution in [3.8, 4) is 11.4 Å². The molecular formula is C20H28N6O2. The Kier molecular flexibility index (Phi) is 6.18. The molecule has 28 heavy (non-hydrogen) atoms. The highest BCUT2D eigenvalue weighted by Crippen LogP contribution is 2.21. The summed E-state index contributed by atoms with van der Waals surface area (Å²) in [5, 5.41) is 10.3. The van der Waals surface area contributed by atoms with Crippen LogP contribution < -0.4 is 5.32 Å². The fourth-order valence-corrected chi connectivity index (χ4v) is 3.74. The van der Waals surface area contributed by atoms with E-state index in [1.54, 1.807) is 0 Å². The van der Waals surface area contributed by atoms with E-state index in [-0.39, 0.29) is 12.2 Å². The standard InChI is InChI=1S/C20H28N6O2/c1-2-21-20(26-8-10-28-18(13-26)17-7-4-9-27-17)22-12-15-5-3-6-16(11-15)19-23-14-24-25-19/h3,5-6,11,14,17-18H,2,4,7-10,12-13H2,1H3,(H,21,22)(H,23,24,25). The molecule has 0 spiro atoms. The Morgan fingerprint density at radius 2 is 2.25 bits per heavy atom. The second-order valence-electron chi connectivity index (χ2n) is 7.11. The van der Waals surface area contributed by atoms with E-state index < -0.39 is 0 Å². The Morgan fingerprint density at radius 1 is 1.32 bits per heavy atom. The number of nitrogens with zero attached hydrogens (tertiary/aromatic N) is 4. The topological polar surface area (TPSA) is 87.7 Å². The van der Waals surface area contributed by atoms with Crippen molar-refractivity contribution < 1.29 is 9.47 Å². The summed E-state index contributed by atoms with van der Waals surface area (Å²) in [7, 11) is 0. The largest absolute Gasteiger partial charge is 0.375 e. The van der Waals surface area contributed by atoms with Gasteiger partial charge in [-0.25, -0.2) is 9.98 Å². The van der Waals surface area contributed by atoms with Gasteiger partial charge < -0.3 is 19.7 Å².